The van der Waals surface area contributed by atoms with Crippen molar-refractivity contribution in [1.82, 2.24) is 4.90 Å². The monoisotopic (exact) mass is 287 g/mol. The Bertz CT molecular complexity index is 366. The smallest absolute Gasteiger partial charge is 0.149 e. The van der Waals surface area contributed by atoms with Gasteiger partial charge in [-0.15, -0.1) is 0 Å². The van der Waals surface area contributed by atoms with Crippen molar-refractivity contribution in [3.05, 3.63) is 22.4 Å². The van der Waals surface area contributed by atoms with Gasteiger partial charge in [-0.1, -0.05) is 15.9 Å². The number of likely N-dealkylation sites (N-methyl/N-ethyl adjacent to an activating group) is 1. The number of nitrogens with two attached hydrogens (primary N) is 1. The average Bonchev–Trinajstić information content (AvgIpc) is 2.19. The van der Waals surface area contributed by atoms with Crippen LogP contribution in [0.5, 0.6) is 0 Å². The van der Waals surface area contributed by atoms with Gasteiger partial charge in [0.2, 0.25) is 0 Å². The summed E-state index contributed by atoms with van der Waals surface area (Å²) in [6, 6.07) is 3.21. The van der Waals surface area contributed by atoms with Crippen LogP contribution in [0.25, 0.3) is 0 Å². The highest BCUT2D eigenvalue weighted by Crippen LogP contribution is 2.30. The molecule has 1 aliphatic heterocycles. The Hall–Kier alpha value is -0.810. The van der Waals surface area contributed by atoms with E-state index in [1.165, 1.54) is 6.07 Å². The number of nitrogen functional groups attached to an aromatic ring is 1. The molecular formula is C11H15BrFN3. The van der Waals surface area contributed by atoms with E-state index in [0.717, 1.165) is 26.2 Å². The average molecular weight is 288 g/mol. The van der Waals surface area contributed by atoms with Crippen molar-refractivity contribution in [2.75, 3.05) is 43.9 Å². The molecule has 1 saturated heterocycles. The quantitative estimate of drug-likeness (QED) is 0.801. The Morgan fingerprint density at radius 3 is 2.44 bits per heavy atom. The molecule has 1 heterocycles. The van der Waals surface area contributed by atoms with Crippen molar-refractivity contribution in [2.45, 2.75) is 0 Å². The highest BCUT2D eigenvalue weighted by atomic mass is 79.9. The van der Waals surface area contributed by atoms with Gasteiger partial charge in [0.05, 0.1) is 11.4 Å². The van der Waals surface area contributed by atoms with Gasteiger partial charge in [0.15, 0.2) is 0 Å². The summed E-state index contributed by atoms with van der Waals surface area (Å²) in [5.74, 6) is -0.253. The van der Waals surface area contributed by atoms with Crippen LogP contribution < -0.4 is 10.6 Å². The standard InChI is InChI=1S/C11H15BrFN3/c1-15-2-4-16(5-3-15)11-9(13)6-8(12)7-10(11)14/h6-7H,2-5,14H2,1H3. The molecular weight excluding hydrogens is 273 g/mol. The summed E-state index contributed by atoms with van der Waals surface area (Å²) in [6.45, 7) is 3.52. The van der Waals surface area contributed by atoms with Crippen molar-refractivity contribution in [2.24, 2.45) is 0 Å². The molecule has 16 heavy (non-hydrogen) atoms. The molecule has 1 aromatic rings. The predicted molar refractivity (Wildman–Crippen MR) is 68.2 cm³/mol. The minimum atomic E-state index is -0.253. The van der Waals surface area contributed by atoms with E-state index < -0.39 is 0 Å². The SMILES string of the molecule is CN1CCN(c2c(N)cc(Br)cc2F)CC1. The van der Waals surface area contributed by atoms with E-state index in [0.29, 0.717) is 15.8 Å². The molecule has 88 valence electrons. The number of nitrogens with zero attached hydrogens (tertiary/aromatic N) is 2. The van der Waals surface area contributed by atoms with Gasteiger partial charge in [-0.25, -0.2) is 4.39 Å². The summed E-state index contributed by atoms with van der Waals surface area (Å²) >= 11 is 3.23. The van der Waals surface area contributed by atoms with Crippen LogP contribution in [0.2, 0.25) is 0 Å². The first-order chi connectivity index (χ1) is 7.58. The molecule has 2 rings (SSSR count). The summed E-state index contributed by atoms with van der Waals surface area (Å²) in [5, 5.41) is 0. The molecule has 0 unspecified atom stereocenters. The molecule has 0 bridgehead atoms. The van der Waals surface area contributed by atoms with Gasteiger partial charge in [-0.3, -0.25) is 0 Å². The lowest BCUT2D eigenvalue weighted by atomic mass is 10.2. The van der Waals surface area contributed by atoms with Gasteiger partial charge in [-0.05, 0) is 19.2 Å². The first kappa shape index (κ1) is 11.7. The summed E-state index contributed by atoms with van der Waals surface area (Å²) in [5.41, 5.74) is 6.90. The Labute approximate surface area is 103 Å². The second-order valence-corrected chi connectivity index (χ2v) is 5.03. The van der Waals surface area contributed by atoms with E-state index in [1.54, 1.807) is 6.07 Å². The summed E-state index contributed by atoms with van der Waals surface area (Å²) in [6.07, 6.45) is 0. The molecule has 5 heteroatoms. The van der Waals surface area contributed by atoms with E-state index in [1.807, 2.05) is 4.90 Å². The Kier molecular flexibility index (Phi) is 3.35. The lowest BCUT2D eigenvalue weighted by Crippen LogP contribution is -2.45. The molecule has 3 nitrogen and oxygen atoms in total. The third kappa shape index (κ3) is 2.30. The number of halogens is 2. The van der Waals surface area contributed by atoms with Crippen LogP contribution in [-0.2, 0) is 0 Å². The van der Waals surface area contributed by atoms with Crippen LogP contribution >= 0.6 is 15.9 Å². The van der Waals surface area contributed by atoms with Gasteiger partial charge >= 0.3 is 0 Å². The maximum atomic E-state index is 13.8. The second-order valence-electron chi connectivity index (χ2n) is 4.12. The zero-order valence-corrected chi connectivity index (χ0v) is 10.8. The summed E-state index contributed by atoms with van der Waals surface area (Å²) < 4.78 is 14.5. The number of rotatable bonds is 1. The fourth-order valence-electron chi connectivity index (χ4n) is 1.95. The number of anilines is 2. The molecule has 0 saturated carbocycles. The zero-order chi connectivity index (χ0) is 11.7. The third-order valence-electron chi connectivity index (χ3n) is 2.88. The molecule has 0 aromatic heterocycles. The largest absolute Gasteiger partial charge is 0.397 e. The van der Waals surface area contributed by atoms with Gasteiger partial charge in [0.1, 0.15) is 5.82 Å². The summed E-state index contributed by atoms with van der Waals surface area (Å²) in [7, 11) is 2.07. The number of benzene rings is 1. The lowest BCUT2D eigenvalue weighted by molar-refractivity contribution is 0.312. The maximum Gasteiger partial charge on any atom is 0.149 e. The van der Waals surface area contributed by atoms with E-state index >= 15 is 0 Å². The molecule has 0 amide bonds. The van der Waals surface area contributed by atoms with Crippen molar-refractivity contribution in [3.63, 3.8) is 0 Å². The van der Waals surface area contributed by atoms with Crippen LogP contribution in [-0.4, -0.2) is 38.1 Å². The minimum Gasteiger partial charge on any atom is -0.397 e. The van der Waals surface area contributed by atoms with Crippen LogP contribution in [0.15, 0.2) is 16.6 Å². The van der Waals surface area contributed by atoms with Crippen molar-refractivity contribution in [1.29, 1.82) is 0 Å². The molecule has 0 aliphatic carbocycles. The van der Waals surface area contributed by atoms with E-state index in [9.17, 15) is 4.39 Å². The van der Waals surface area contributed by atoms with Gasteiger partial charge in [0.25, 0.3) is 0 Å². The number of piperazine rings is 1. The Morgan fingerprint density at radius 1 is 1.25 bits per heavy atom. The van der Waals surface area contributed by atoms with E-state index in [4.69, 9.17) is 5.73 Å². The van der Waals surface area contributed by atoms with Crippen LogP contribution in [0.3, 0.4) is 0 Å². The number of hydrogen-bond donors (Lipinski definition) is 1. The van der Waals surface area contributed by atoms with Crippen LogP contribution in [0, 0.1) is 5.82 Å². The lowest BCUT2D eigenvalue weighted by Gasteiger charge is -2.34. The van der Waals surface area contributed by atoms with Crippen LogP contribution in [0.1, 0.15) is 0 Å². The highest BCUT2D eigenvalue weighted by Gasteiger charge is 2.19. The normalized spacial score (nSPS) is 17.8. The summed E-state index contributed by atoms with van der Waals surface area (Å²) in [4.78, 5) is 4.24. The van der Waals surface area contributed by atoms with Crippen molar-refractivity contribution >= 4 is 27.3 Å². The topological polar surface area (TPSA) is 32.5 Å². The third-order valence-corrected chi connectivity index (χ3v) is 3.34. The molecule has 0 spiro atoms. The molecule has 0 atom stereocenters. The Morgan fingerprint density at radius 2 is 1.88 bits per heavy atom. The first-order valence-corrected chi connectivity index (χ1v) is 6.05. The van der Waals surface area contributed by atoms with Crippen molar-refractivity contribution < 1.29 is 4.39 Å². The zero-order valence-electron chi connectivity index (χ0n) is 9.21. The molecule has 0 radical (unpaired) electrons. The highest BCUT2D eigenvalue weighted by molar-refractivity contribution is 9.10. The molecule has 1 fully saturated rings. The molecule has 2 N–H and O–H groups in total. The maximum absolute atomic E-state index is 13.8. The Balaban J connectivity index is 2.26. The van der Waals surface area contributed by atoms with Gasteiger partial charge < -0.3 is 15.5 Å². The molecule has 1 aromatic carbocycles. The number of hydrogen-bond acceptors (Lipinski definition) is 3. The van der Waals surface area contributed by atoms with Gasteiger partial charge in [-0.2, -0.15) is 0 Å². The first-order valence-electron chi connectivity index (χ1n) is 5.26. The minimum absolute atomic E-state index is 0.253. The van der Waals surface area contributed by atoms with Crippen LogP contribution in [0.4, 0.5) is 15.8 Å². The predicted octanol–water partition coefficient (Wildman–Crippen LogP) is 1.92. The fraction of sp³-hybridized carbons (Fsp3) is 0.455. The van der Waals surface area contributed by atoms with E-state index in [2.05, 4.69) is 27.9 Å². The van der Waals surface area contributed by atoms with Gasteiger partial charge in [0, 0.05) is 30.7 Å². The van der Waals surface area contributed by atoms with E-state index in [-0.39, 0.29) is 5.82 Å². The molecule has 1 aliphatic rings. The fourth-order valence-corrected chi connectivity index (χ4v) is 2.40. The van der Waals surface area contributed by atoms with Crippen molar-refractivity contribution in [3.8, 4) is 0 Å². The second kappa shape index (κ2) is 4.59.